The van der Waals surface area contributed by atoms with Crippen LogP contribution in [0.1, 0.15) is 31.7 Å². The molecule has 1 aliphatic rings. The predicted octanol–water partition coefficient (Wildman–Crippen LogP) is 2.63. The molecule has 0 radical (unpaired) electrons. The van der Waals surface area contributed by atoms with Crippen molar-refractivity contribution >= 4 is 17.7 Å². The molecular weight excluding hydrogens is 268 g/mol. The summed E-state index contributed by atoms with van der Waals surface area (Å²) in [6.07, 6.45) is 0.564. The summed E-state index contributed by atoms with van der Waals surface area (Å²) in [6, 6.07) is 8.62. The van der Waals surface area contributed by atoms with Gasteiger partial charge in [0.05, 0.1) is 0 Å². The number of rotatable bonds is 7. The molecule has 1 unspecified atom stereocenters. The lowest BCUT2D eigenvalue weighted by Crippen LogP contribution is -2.31. The lowest BCUT2D eigenvalue weighted by molar-refractivity contribution is -0.121. The van der Waals surface area contributed by atoms with Crippen LogP contribution in [0, 0.1) is 5.92 Å². The molecule has 1 aliphatic heterocycles. The first kappa shape index (κ1) is 15.4. The molecule has 1 heterocycles. The van der Waals surface area contributed by atoms with Crippen LogP contribution < -0.4 is 10.6 Å². The van der Waals surface area contributed by atoms with Crippen LogP contribution in [0.5, 0.6) is 0 Å². The van der Waals surface area contributed by atoms with Gasteiger partial charge in [0.2, 0.25) is 5.91 Å². The van der Waals surface area contributed by atoms with Crippen molar-refractivity contribution in [2.24, 2.45) is 5.92 Å². The number of hydrogen-bond donors (Lipinski definition) is 2. The van der Waals surface area contributed by atoms with Crippen LogP contribution in [0.25, 0.3) is 0 Å². The quantitative estimate of drug-likeness (QED) is 0.759. The van der Waals surface area contributed by atoms with E-state index in [1.807, 2.05) is 11.8 Å². The van der Waals surface area contributed by atoms with Gasteiger partial charge in [-0.3, -0.25) is 4.79 Å². The van der Waals surface area contributed by atoms with E-state index >= 15 is 0 Å². The second kappa shape index (κ2) is 7.70. The molecule has 1 aromatic carbocycles. The fourth-order valence-electron chi connectivity index (χ4n) is 2.28. The fraction of sp³-hybridized carbons (Fsp3) is 0.562. The van der Waals surface area contributed by atoms with Gasteiger partial charge in [0.25, 0.3) is 0 Å². The Kier molecular flexibility index (Phi) is 5.92. The van der Waals surface area contributed by atoms with Crippen molar-refractivity contribution in [3.05, 3.63) is 29.8 Å². The van der Waals surface area contributed by atoms with Crippen LogP contribution in [-0.4, -0.2) is 31.3 Å². The van der Waals surface area contributed by atoms with Crippen LogP contribution in [0.2, 0.25) is 0 Å². The molecule has 2 rings (SSSR count). The van der Waals surface area contributed by atoms with Gasteiger partial charge in [-0.05, 0) is 17.5 Å². The molecule has 0 fully saturated rings. The van der Waals surface area contributed by atoms with Gasteiger partial charge in [0.15, 0.2) is 0 Å². The Hall–Kier alpha value is -1.00. The van der Waals surface area contributed by atoms with Crippen molar-refractivity contribution in [2.45, 2.75) is 31.1 Å². The largest absolute Gasteiger partial charge is 0.356 e. The first-order chi connectivity index (χ1) is 9.66. The molecule has 0 saturated carbocycles. The number of carbonyl (C=O) groups is 1. The Balaban J connectivity index is 1.64. The minimum atomic E-state index is 0.146. The maximum atomic E-state index is 11.6. The predicted molar refractivity (Wildman–Crippen MR) is 85.2 cm³/mol. The van der Waals surface area contributed by atoms with Gasteiger partial charge < -0.3 is 10.6 Å². The fourth-order valence-corrected chi connectivity index (χ4v) is 3.54. The van der Waals surface area contributed by atoms with Gasteiger partial charge in [-0.2, -0.15) is 0 Å². The van der Waals surface area contributed by atoms with Gasteiger partial charge in [0.1, 0.15) is 0 Å². The average Bonchev–Trinajstić information content (AvgIpc) is 2.85. The summed E-state index contributed by atoms with van der Waals surface area (Å²) in [4.78, 5) is 13.0. The molecule has 1 atom stereocenters. The Morgan fingerprint density at radius 2 is 2.20 bits per heavy atom. The van der Waals surface area contributed by atoms with E-state index < -0.39 is 0 Å². The lowest BCUT2D eigenvalue weighted by atomic mass is 10.0. The molecular formula is C16H24N2OS. The van der Waals surface area contributed by atoms with Crippen LogP contribution >= 0.6 is 11.8 Å². The Morgan fingerprint density at radius 1 is 1.40 bits per heavy atom. The van der Waals surface area contributed by atoms with Crippen molar-refractivity contribution in [1.82, 2.24) is 10.6 Å². The van der Waals surface area contributed by atoms with Crippen molar-refractivity contribution in [3.8, 4) is 0 Å². The number of nitrogens with one attached hydrogen (secondary N) is 2. The van der Waals surface area contributed by atoms with Gasteiger partial charge in [-0.25, -0.2) is 0 Å². The van der Waals surface area contributed by atoms with E-state index in [2.05, 4.69) is 48.7 Å². The number of benzene rings is 1. The van der Waals surface area contributed by atoms with E-state index in [9.17, 15) is 4.79 Å². The summed E-state index contributed by atoms with van der Waals surface area (Å²) in [6.45, 7) is 6.70. The number of thioether (sulfide) groups is 1. The SMILES string of the molecule is CC(C)CNC(=O)CCNCC1CSc2ccccc21. The third-order valence-corrected chi connectivity index (χ3v) is 4.68. The summed E-state index contributed by atoms with van der Waals surface area (Å²) in [5.74, 6) is 2.38. The van der Waals surface area contributed by atoms with E-state index in [4.69, 9.17) is 0 Å². The van der Waals surface area contributed by atoms with E-state index in [1.54, 1.807) is 0 Å². The lowest BCUT2D eigenvalue weighted by Gasteiger charge is -2.12. The number of carbonyl (C=O) groups excluding carboxylic acids is 1. The molecule has 0 spiro atoms. The normalized spacial score (nSPS) is 17.2. The zero-order chi connectivity index (χ0) is 14.4. The summed E-state index contributed by atoms with van der Waals surface area (Å²) >= 11 is 1.93. The van der Waals surface area contributed by atoms with Crippen LogP contribution in [0.15, 0.2) is 29.2 Å². The highest BCUT2D eigenvalue weighted by atomic mass is 32.2. The molecule has 110 valence electrons. The third kappa shape index (κ3) is 4.53. The monoisotopic (exact) mass is 292 g/mol. The highest BCUT2D eigenvalue weighted by Gasteiger charge is 2.21. The molecule has 0 aliphatic carbocycles. The topological polar surface area (TPSA) is 41.1 Å². The number of hydrogen-bond acceptors (Lipinski definition) is 3. The van der Waals surface area contributed by atoms with E-state index in [0.29, 0.717) is 18.3 Å². The highest BCUT2D eigenvalue weighted by molar-refractivity contribution is 7.99. The Labute approximate surface area is 125 Å². The van der Waals surface area contributed by atoms with Crippen LogP contribution in [-0.2, 0) is 4.79 Å². The summed E-state index contributed by atoms with van der Waals surface area (Å²) in [5.41, 5.74) is 1.45. The smallest absolute Gasteiger partial charge is 0.221 e. The first-order valence-corrected chi connectivity index (χ1v) is 8.34. The molecule has 1 aromatic rings. The van der Waals surface area contributed by atoms with E-state index in [-0.39, 0.29) is 5.91 Å². The minimum absolute atomic E-state index is 0.146. The standard InChI is InChI=1S/C16H24N2OS/c1-12(2)9-18-16(19)7-8-17-10-13-11-20-15-6-4-3-5-14(13)15/h3-6,12-13,17H,7-11H2,1-2H3,(H,18,19). The van der Waals surface area contributed by atoms with Crippen molar-refractivity contribution in [2.75, 3.05) is 25.4 Å². The van der Waals surface area contributed by atoms with Crippen molar-refractivity contribution in [1.29, 1.82) is 0 Å². The van der Waals surface area contributed by atoms with Gasteiger partial charge in [-0.15, -0.1) is 11.8 Å². The summed E-state index contributed by atoms with van der Waals surface area (Å²) < 4.78 is 0. The minimum Gasteiger partial charge on any atom is -0.356 e. The summed E-state index contributed by atoms with van der Waals surface area (Å²) in [5, 5.41) is 6.36. The van der Waals surface area contributed by atoms with Crippen molar-refractivity contribution < 1.29 is 4.79 Å². The molecule has 4 heteroatoms. The van der Waals surface area contributed by atoms with Gasteiger partial charge >= 0.3 is 0 Å². The van der Waals surface area contributed by atoms with E-state index in [1.165, 1.54) is 10.5 Å². The van der Waals surface area contributed by atoms with Gasteiger partial charge in [0, 0.05) is 42.6 Å². The van der Waals surface area contributed by atoms with Crippen LogP contribution in [0.3, 0.4) is 0 Å². The molecule has 0 aromatic heterocycles. The zero-order valence-corrected chi connectivity index (χ0v) is 13.1. The van der Waals surface area contributed by atoms with Crippen molar-refractivity contribution in [3.63, 3.8) is 0 Å². The second-order valence-electron chi connectivity index (χ2n) is 5.70. The first-order valence-electron chi connectivity index (χ1n) is 7.36. The molecule has 2 N–H and O–H groups in total. The maximum Gasteiger partial charge on any atom is 0.221 e. The second-order valence-corrected chi connectivity index (χ2v) is 6.76. The zero-order valence-electron chi connectivity index (χ0n) is 12.3. The number of amides is 1. The molecule has 20 heavy (non-hydrogen) atoms. The maximum absolute atomic E-state index is 11.6. The third-order valence-electron chi connectivity index (χ3n) is 3.43. The molecule has 0 bridgehead atoms. The molecule has 3 nitrogen and oxygen atoms in total. The van der Waals surface area contributed by atoms with Gasteiger partial charge in [-0.1, -0.05) is 32.0 Å². The number of fused-ring (bicyclic) bond motifs is 1. The molecule has 0 saturated heterocycles. The summed E-state index contributed by atoms with van der Waals surface area (Å²) in [7, 11) is 0. The Bertz CT molecular complexity index is 448. The Morgan fingerprint density at radius 3 is 3.00 bits per heavy atom. The van der Waals surface area contributed by atoms with Crippen LogP contribution in [0.4, 0.5) is 0 Å². The average molecular weight is 292 g/mol. The van der Waals surface area contributed by atoms with E-state index in [0.717, 1.165) is 25.4 Å². The highest BCUT2D eigenvalue weighted by Crippen LogP contribution is 2.38. The molecule has 1 amide bonds.